The van der Waals surface area contributed by atoms with Crippen LogP contribution in [0.25, 0.3) is 0 Å². The third-order valence-corrected chi connectivity index (χ3v) is 6.35. The molecule has 26 heavy (non-hydrogen) atoms. The number of ether oxygens (including phenoxy) is 2. The minimum Gasteiger partial charge on any atom is -0.495 e. The number of nitrogens with one attached hydrogen (secondary N) is 1. The van der Waals surface area contributed by atoms with E-state index >= 15 is 0 Å². The number of amides is 2. The molecule has 6 nitrogen and oxygen atoms in total. The molecule has 0 radical (unpaired) electrons. The molecule has 0 unspecified atom stereocenters. The molecule has 0 aliphatic carbocycles. The lowest BCUT2D eigenvalue weighted by atomic mass is 9.73. The zero-order chi connectivity index (χ0) is 18.5. The van der Waals surface area contributed by atoms with Gasteiger partial charge >= 0.3 is 6.03 Å². The third-order valence-electron chi connectivity index (χ3n) is 6.05. The molecule has 1 aromatic carbocycles. The van der Waals surface area contributed by atoms with E-state index < -0.39 is 0 Å². The standard InChI is InChI=1S/C19H26ClN3O3/c1-22(2)9-13-14-10-23(11-19(14)7-6-16(13)26-19)18(24)21-12-4-5-17(25-3)15(20)8-12/h4-5,8,13-14,16H,6-7,9-11H2,1-3H3,(H,21,24)/t13-,14+,16+,19+/m0/s1. The van der Waals surface area contributed by atoms with Crippen LogP contribution in [0.15, 0.2) is 18.2 Å². The number of fused-ring (bicyclic) bond motifs is 1. The maximum atomic E-state index is 12.8. The van der Waals surface area contributed by atoms with E-state index in [-0.39, 0.29) is 11.6 Å². The van der Waals surface area contributed by atoms with Crippen LogP contribution in [-0.2, 0) is 4.74 Å². The molecular weight excluding hydrogens is 354 g/mol. The number of carbonyl (C=O) groups excluding carboxylic acids is 1. The predicted octanol–water partition coefficient (Wildman–Crippen LogP) is 2.92. The minimum atomic E-state index is -0.139. The Morgan fingerprint density at radius 2 is 2.31 bits per heavy atom. The lowest BCUT2D eigenvalue weighted by molar-refractivity contribution is 0.00534. The van der Waals surface area contributed by atoms with E-state index in [1.54, 1.807) is 25.3 Å². The second-order valence-corrected chi connectivity index (χ2v) is 8.36. The summed E-state index contributed by atoms with van der Waals surface area (Å²) < 4.78 is 11.5. The summed E-state index contributed by atoms with van der Waals surface area (Å²) in [5.41, 5.74) is 0.533. The predicted molar refractivity (Wildman–Crippen MR) is 101 cm³/mol. The van der Waals surface area contributed by atoms with Crippen molar-refractivity contribution in [2.24, 2.45) is 11.8 Å². The zero-order valence-electron chi connectivity index (χ0n) is 15.5. The number of anilines is 1. The fraction of sp³-hybridized carbons (Fsp3) is 0.632. The molecule has 0 saturated carbocycles. The van der Waals surface area contributed by atoms with Crippen LogP contribution in [0.3, 0.4) is 0 Å². The average Bonchev–Trinajstić information content (AvgIpc) is 3.24. The number of rotatable bonds is 4. The van der Waals surface area contributed by atoms with E-state index in [4.69, 9.17) is 21.1 Å². The van der Waals surface area contributed by atoms with Crippen LogP contribution in [0, 0.1) is 11.8 Å². The number of hydrogen-bond donors (Lipinski definition) is 1. The molecule has 0 aromatic heterocycles. The number of methoxy groups -OCH3 is 1. The van der Waals surface area contributed by atoms with E-state index in [0.717, 1.165) is 25.9 Å². The van der Waals surface area contributed by atoms with Gasteiger partial charge in [0, 0.05) is 30.6 Å². The molecule has 3 fully saturated rings. The Morgan fingerprint density at radius 1 is 1.50 bits per heavy atom. The maximum Gasteiger partial charge on any atom is 0.321 e. The number of benzene rings is 1. The van der Waals surface area contributed by atoms with Crippen molar-refractivity contribution in [3.05, 3.63) is 23.2 Å². The molecule has 1 spiro atoms. The van der Waals surface area contributed by atoms with Crippen molar-refractivity contribution in [2.45, 2.75) is 24.5 Å². The number of hydrogen-bond acceptors (Lipinski definition) is 4. The molecule has 3 saturated heterocycles. The molecular formula is C19H26ClN3O3. The second kappa shape index (κ2) is 6.59. The summed E-state index contributed by atoms with van der Waals surface area (Å²) in [6, 6.07) is 5.18. The fourth-order valence-electron chi connectivity index (χ4n) is 4.96. The van der Waals surface area contributed by atoms with Gasteiger partial charge in [0.1, 0.15) is 5.75 Å². The van der Waals surface area contributed by atoms with Gasteiger partial charge in [-0.2, -0.15) is 0 Å². The van der Waals surface area contributed by atoms with Crippen molar-refractivity contribution < 1.29 is 14.3 Å². The van der Waals surface area contributed by atoms with Crippen LogP contribution >= 0.6 is 11.6 Å². The van der Waals surface area contributed by atoms with Crippen molar-refractivity contribution in [1.82, 2.24) is 9.80 Å². The Labute approximate surface area is 159 Å². The van der Waals surface area contributed by atoms with Gasteiger partial charge in [-0.3, -0.25) is 0 Å². The Bertz CT molecular complexity index is 713. The molecule has 2 amide bonds. The van der Waals surface area contributed by atoms with Gasteiger partial charge in [-0.05, 0) is 45.1 Å². The van der Waals surface area contributed by atoms with Crippen molar-refractivity contribution >= 4 is 23.3 Å². The first kappa shape index (κ1) is 17.9. The Balaban J connectivity index is 1.45. The molecule has 7 heteroatoms. The monoisotopic (exact) mass is 379 g/mol. The first-order chi connectivity index (χ1) is 12.4. The lowest BCUT2D eigenvalue weighted by Gasteiger charge is -2.30. The van der Waals surface area contributed by atoms with E-state index in [0.29, 0.717) is 40.9 Å². The maximum absolute atomic E-state index is 12.8. The summed E-state index contributed by atoms with van der Waals surface area (Å²) in [4.78, 5) is 16.9. The normalized spacial score (nSPS) is 32.2. The summed E-state index contributed by atoms with van der Waals surface area (Å²) in [5, 5.41) is 3.44. The molecule has 3 aliphatic heterocycles. The Hall–Kier alpha value is -1.50. The molecule has 142 valence electrons. The average molecular weight is 380 g/mol. The summed E-state index contributed by atoms with van der Waals surface area (Å²) in [5.74, 6) is 1.53. The topological polar surface area (TPSA) is 54.0 Å². The molecule has 1 N–H and O–H groups in total. The van der Waals surface area contributed by atoms with Gasteiger partial charge in [-0.1, -0.05) is 11.6 Å². The quantitative estimate of drug-likeness (QED) is 0.873. The van der Waals surface area contributed by atoms with Crippen LogP contribution in [0.2, 0.25) is 5.02 Å². The highest BCUT2D eigenvalue weighted by molar-refractivity contribution is 6.32. The Morgan fingerprint density at radius 3 is 3.00 bits per heavy atom. The van der Waals surface area contributed by atoms with E-state index in [1.165, 1.54) is 0 Å². The first-order valence-corrected chi connectivity index (χ1v) is 9.52. The largest absolute Gasteiger partial charge is 0.495 e. The molecule has 4 rings (SSSR count). The van der Waals surface area contributed by atoms with E-state index in [9.17, 15) is 4.79 Å². The molecule has 1 aromatic rings. The number of carbonyl (C=O) groups is 1. The summed E-state index contributed by atoms with van der Waals surface area (Å²) in [6.07, 6.45) is 2.52. The van der Waals surface area contributed by atoms with E-state index in [2.05, 4.69) is 24.3 Å². The highest BCUT2D eigenvalue weighted by atomic mass is 35.5. The molecule has 3 aliphatic rings. The fourth-order valence-corrected chi connectivity index (χ4v) is 5.22. The number of urea groups is 1. The van der Waals surface area contributed by atoms with Crippen molar-refractivity contribution in [1.29, 1.82) is 0 Å². The smallest absolute Gasteiger partial charge is 0.321 e. The van der Waals surface area contributed by atoms with Gasteiger partial charge in [-0.15, -0.1) is 0 Å². The molecule has 4 atom stereocenters. The van der Waals surface area contributed by atoms with Gasteiger partial charge in [0.2, 0.25) is 0 Å². The highest BCUT2D eigenvalue weighted by Gasteiger charge is 2.63. The lowest BCUT2D eigenvalue weighted by Crippen LogP contribution is -2.40. The van der Waals surface area contributed by atoms with Crippen molar-refractivity contribution in [2.75, 3.05) is 46.2 Å². The van der Waals surface area contributed by atoms with Crippen LogP contribution in [0.5, 0.6) is 5.75 Å². The highest BCUT2D eigenvalue weighted by Crippen LogP contribution is 2.54. The SMILES string of the molecule is COc1ccc(NC(=O)N2C[C@@H]3[C@H](CN(C)C)[C@H]4CC[C@]3(C2)O4)cc1Cl. The first-order valence-electron chi connectivity index (χ1n) is 9.14. The Kier molecular flexibility index (Phi) is 4.53. The second-order valence-electron chi connectivity index (χ2n) is 7.95. The van der Waals surface area contributed by atoms with Crippen molar-refractivity contribution in [3.8, 4) is 5.75 Å². The van der Waals surface area contributed by atoms with Gasteiger partial charge in [0.25, 0.3) is 0 Å². The van der Waals surface area contributed by atoms with E-state index in [1.807, 2.05) is 4.90 Å². The number of halogens is 1. The number of likely N-dealkylation sites (tertiary alicyclic amines) is 1. The van der Waals surface area contributed by atoms with Gasteiger partial charge in [0.05, 0.1) is 30.4 Å². The van der Waals surface area contributed by atoms with Gasteiger partial charge in [-0.25, -0.2) is 4.79 Å². The van der Waals surface area contributed by atoms with Crippen LogP contribution in [0.1, 0.15) is 12.8 Å². The van der Waals surface area contributed by atoms with Crippen LogP contribution < -0.4 is 10.1 Å². The molecule has 2 bridgehead atoms. The summed E-state index contributed by atoms with van der Waals surface area (Å²) in [7, 11) is 5.78. The van der Waals surface area contributed by atoms with Crippen LogP contribution in [0.4, 0.5) is 10.5 Å². The summed E-state index contributed by atoms with van der Waals surface area (Å²) in [6.45, 7) is 2.44. The van der Waals surface area contributed by atoms with Gasteiger partial charge in [0.15, 0.2) is 0 Å². The van der Waals surface area contributed by atoms with Gasteiger partial charge < -0.3 is 24.6 Å². The van der Waals surface area contributed by atoms with Crippen LogP contribution in [-0.4, -0.2) is 68.4 Å². The van der Waals surface area contributed by atoms with Crippen molar-refractivity contribution in [3.63, 3.8) is 0 Å². The number of nitrogens with zero attached hydrogens (tertiary/aromatic N) is 2. The summed E-state index contributed by atoms with van der Waals surface area (Å²) >= 11 is 6.15. The zero-order valence-corrected chi connectivity index (χ0v) is 16.3. The molecule has 3 heterocycles. The third kappa shape index (κ3) is 2.94. The minimum absolute atomic E-state index is 0.0920.